The van der Waals surface area contributed by atoms with Crippen molar-refractivity contribution in [1.82, 2.24) is 4.90 Å². The molecule has 0 radical (unpaired) electrons. The molecule has 0 spiro atoms. The molecule has 2 aromatic rings. The van der Waals surface area contributed by atoms with Crippen LogP contribution in [0.15, 0.2) is 42.5 Å². The standard InChI is InChI=1S/C21H24N2O3S/c1-24-17-8-6-16(7-9-17)22-21(27)23-11-2-4-18(23)15-5-10-19-20(14-15)26-13-3-12-25-19/h5-10,14,18H,2-4,11-13H2,1H3,(H,22,27)/t18-/m1/s1. The largest absolute Gasteiger partial charge is 0.497 e. The number of rotatable bonds is 3. The van der Waals surface area contributed by atoms with Crippen LogP contribution in [0.25, 0.3) is 0 Å². The second-order valence-corrected chi connectivity index (χ2v) is 7.15. The Morgan fingerprint density at radius 2 is 1.85 bits per heavy atom. The lowest BCUT2D eigenvalue weighted by Crippen LogP contribution is -2.34. The third-order valence-electron chi connectivity index (χ3n) is 5.01. The molecule has 1 saturated heterocycles. The molecule has 5 nitrogen and oxygen atoms in total. The molecular weight excluding hydrogens is 360 g/mol. The number of nitrogens with zero attached hydrogens (tertiary/aromatic N) is 1. The minimum atomic E-state index is 0.250. The summed E-state index contributed by atoms with van der Waals surface area (Å²) in [5.41, 5.74) is 2.18. The normalized spacial score (nSPS) is 18.7. The van der Waals surface area contributed by atoms with E-state index in [1.807, 2.05) is 30.3 Å². The fourth-order valence-corrected chi connectivity index (χ4v) is 3.95. The van der Waals surface area contributed by atoms with Gasteiger partial charge in [-0.2, -0.15) is 0 Å². The number of likely N-dealkylation sites (tertiary alicyclic amines) is 1. The van der Waals surface area contributed by atoms with Crippen LogP contribution < -0.4 is 19.5 Å². The average Bonchev–Trinajstić information content (AvgIpc) is 3.07. The topological polar surface area (TPSA) is 43.0 Å². The number of fused-ring (bicyclic) bond motifs is 1. The van der Waals surface area contributed by atoms with Gasteiger partial charge in [0.2, 0.25) is 0 Å². The lowest BCUT2D eigenvalue weighted by atomic mass is 10.0. The smallest absolute Gasteiger partial charge is 0.173 e. The van der Waals surface area contributed by atoms with Gasteiger partial charge in [-0.15, -0.1) is 0 Å². The van der Waals surface area contributed by atoms with E-state index >= 15 is 0 Å². The van der Waals surface area contributed by atoms with Crippen LogP contribution in [0.1, 0.15) is 30.9 Å². The number of benzene rings is 2. The minimum Gasteiger partial charge on any atom is -0.497 e. The first-order chi connectivity index (χ1) is 13.2. The van der Waals surface area contributed by atoms with Gasteiger partial charge in [0.1, 0.15) is 5.75 Å². The summed E-state index contributed by atoms with van der Waals surface area (Å²) in [4.78, 5) is 2.26. The van der Waals surface area contributed by atoms with Crippen LogP contribution in [0.2, 0.25) is 0 Å². The highest BCUT2D eigenvalue weighted by Crippen LogP contribution is 2.38. The Labute approximate surface area is 165 Å². The van der Waals surface area contributed by atoms with Gasteiger partial charge in [0, 0.05) is 18.7 Å². The van der Waals surface area contributed by atoms with Crippen LogP contribution in [0, 0.1) is 0 Å². The monoisotopic (exact) mass is 384 g/mol. The molecule has 1 fully saturated rings. The van der Waals surface area contributed by atoms with E-state index in [4.69, 9.17) is 26.4 Å². The molecule has 0 bridgehead atoms. The van der Waals surface area contributed by atoms with Crippen molar-refractivity contribution in [2.24, 2.45) is 0 Å². The van der Waals surface area contributed by atoms with E-state index in [9.17, 15) is 0 Å². The van der Waals surface area contributed by atoms with Gasteiger partial charge in [0.25, 0.3) is 0 Å². The Morgan fingerprint density at radius 1 is 1.07 bits per heavy atom. The molecule has 0 aliphatic carbocycles. The maximum absolute atomic E-state index is 5.86. The predicted molar refractivity (Wildman–Crippen MR) is 110 cm³/mol. The summed E-state index contributed by atoms with van der Waals surface area (Å²) >= 11 is 5.70. The average molecular weight is 385 g/mol. The van der Waals surface area contributed by atoms with Crippen LogP contribution in [-0.2, 0) is 0 Å². The number of nitrogens with one attached hydrogen (secondary N) is 1. The van der Waals surface area contributed by atoms with Crippen molar-refractivity contribution in [3.8, 4) is 17.2 Å². The lowest BCUT2D eigenvalue weighted by Gasteiger charge is -2.28. The third kappa shape index (κ3) is 3.95. The third-order valence-corrected chi connectivity index (χ3v) is 5.35. The summed E-state index contributed by atoms with van der Waals surface area (Å²) in [5.74, 6) is 2.50. The quantitative estimate of drug-likeness (QED) is 0.792. The van der Waals surface area contributed by atoms with Gasteiger partial charge in [0.15, 0.2) is 16.6 Å². The highest BCUT2D eigenvalue weighted by atomic mass is 32.1. The van der Waals surface area contributed by atoms with Crippen LogP contribution in [0.3, 0.4) is 0 Å². The molecule has 0 aromatic heterocycles. The SMILES string of the molecule is COc1ccc(NC(=S)N2CCC[C@@H]2c2ccc3c(c2)OCCCO3)cc1. The summed E-state index contributed by atoms with van der Waals surface area (Å²) in [5, 5.41) is 4.10. The van der Waals surface area contributed by atoms with Gasteiger partial charge < -0.3 is 24.4 Å². The fraction of sp³-hybridized carbons (Fsp3) is 0.381. The van der Waals surface area contributed by atoms with Gasteiger partial charge >= 0.3 is 0 Å². The first-order valence-electron chi connectivity index (χ1n) is 9.36. The van der Waals surface area contributed by atoms with Crippen molar-refractivity contribution < 1.29 is 14.2 Å². The number of hydrogen-bond donors (Lipinski definition) is 1. The van der Waals surface area contributed by atoms with E-state index in [0.717, 1.165) is 53.9 Å². The molecule has 2 aromatic carbocycles. The molecule has 0 saturated carbocycles. The Morgan fingerprint density at radius 3 is 2.63 bits per heavy atom. The fourth-order valence-electron chi connectivity index (χ4n) is 3.61. The highest BCUT2D eigenvalue weighted by molar-refractivity contribution is 7.80. The van der Waals surface area contributed by atoms with E-state index in [2.05, 4.69) is 22.3 Å². The van der Waals surface area contributed by atoms with Crippen molar-refractivity contribution in [3.63, 3.8) is 0 Å². The molecule has 1 N–H and O–H groups in total. The number of anilines is 1. The summed E-state index contributed by atoms with van der Waals surface area (Å²) in [7, 11) is 1.66. The van der Waals surface area contributed by atoms with Gasteiger partial charge in [-0.1, -0.05) is 6.07 Å². The number of methoxy groups -OCH3 is 1. The molecule has 2 heterocycles. The summed E-state index contributed by atoms with van der Waals surface area (Å²) in [6.45, 7) is 2.35. The minimum absolute atomic E-state index is 0.250. The zero-order valence-electron chi connectivity index (χ0n) is 15.4. The molecule has 1 atom stereocenters. The molecule has 27 heavy (non-hydrogen) atoms. The predicted octanol–water partition coefficient (Wildman–Crippen LogP) is 4.39. The van der Waals surface area contributed by atoms with Gasteiger partial charge in [-0.3, -0.25) is 0 Å². The number of ether oxygens (including phenoxy) is 3. The molecule has 2 aliphatic rings. The Balaban J connectivity index is 1.49. The first kappa shape index (κ1) is 17.9. The maximum Gasteiger partial charge on any atom is 0.173 e. The summed E-state index contributed by atoms with van der Waals surface area (Å²) in [6.07, 6.45) is 3.10. The van der Waals surface area contributed by atoms with Crippen molar-refractivity contribution >= 4 is 23.0 Å². The Bertz CT molecular complexity index is 810. The van der Waals surface area contributed by atoms with Gasteiger partial charge in [0.05, 0.1) is 26.4 Å². The van der Waals surface area contributed by atoms with Crippen LogP contribution >= 0.6 is 12.2 Å². The Kier molecular flexibility index (Phi) is 5.34. The van der Waals surface area contributed by atoms with Crippen molar-refractivity contribution in [2.75, 3.05) is 32.2 Å². The van der Waals surface area contributed by atoms with Gasteiger partial charge in [-0.05, 0) is 67.0 Å². The number of thiocarbonyl (C=S) groups is 1. The molecule has 4 rings (SSSR count). The highest BCUT2D eigenvalue weighted by Gasteiger charge is 2.29. The molecule has 2 aliphatic heterocycles. The van der Waals surface area contributed by atoms with E-state index < -0.39 is 0 Å². The zero-order valence-corrected chi connectivity index (χ0v) is 16.3. The van der Waals surface area contributed by atoms with Crippen LogP contribution in [0.5, 0.6) is 17.2 Å². The molecule has 6 heteroatoms. The lowest BCUT2D eigenvalue weighted by molar-refractivity contribution is 0.296. The van der Waals surface area contributed by atoms with E-state index in [1.54, 1.807) is 7.11 Å². The van der Waals surface area contributed by atoms with Crippen molar-refractivity contribution in [2.45, 2.75) is 25.3 Å². The number of hydrogen-bond acceptors (Lipinski definition) is 4. The second-order valence-electron chi connectivity index (χ2n) is 6.77. The first-order valence-corrected chi connectivity index (χ1v) is 9.76. The Hall–Kier alpha value is -2.47. The zero-order chi connectivity index (χ0) is 18.6. The van der Waals surface area contributed by atoms with Crippen molar-refractivity contribution in [3.05, 3.63) is 48.0 Å². The summed E-state index contributed by atoms with van der Waals surface area (Å²) in [6, 6.07) is 14.3. The van der Waals surface area contributed by atoms with E-state index in [0.29, 0.717) is 13.2 Å². The second kappa shape index (κ2) is 8.05. The van der Waals surface area contributed by atoms with E-state index in [-0.39, 0.29) is 6.04 Å². The van der Waals surface area contributed by atoms with Gasteiger partial charge in [-0.25, -0.2) is 0 Å². The molecule has 0 unspecified atom stereocenters. The molecule has 142 valence electrons. The maximum atomic E-state index is 5.86. The van der Waals surface area contributed by atoms with Crippen LogP contribution in [0.4, 0.5) is 5.69 Å². The molecular formula is C21H24N2O3S. The van der Waals surface area contributed by atoms with E-state index in [1.165, 1.54) is 5.56 Å². The van der Waals surface area contributed by atoms with Crippen molar-refractivity contribution in [1.29, 1.82) is 0 Å². The van der Waals surface area contributed by atoms with Crippen LogP contribution in [-0.4, -0.2) is 36.9 Å². The summed E-state index contributed by atoms with van der Waals surface area (Å²) < 4.78 is 16.8. The molecule has 0 amide bonds.